The molecular formula is C19H19NOS. The number of carbonyl (C=O) groups is 1. The molecule has 0 spiro atoms. The Kier molecular flexibility index (Phi) is 4.08. The summed E-state index contributed by atoms with van der Waals surface area (Å²) in [7, 11) is 0. The summed E-state index contributed by atoms with van der Waals surface area (Å²) >= 11 is 1.71. The lowest BCUT2D eigenvalue weighted by atomic mass is 10.0. The Labute approximate surface area is 135 Å². The molecule has 1 aromatic carbocycles. The zero-order chi connectivity index (χ0) is 15.7. The van der Waals surface area contributed by atoms with Gasteiger partial charge in [0.2, 0.25) is 0 Å². The molecule has 0 aliphatic rings. The number of fused-ring (bicyclic) bond motifs is 1. The third kappa shape index (κ3) is 2.46. The molecule has 3 rings (SSSR count). The van der Waals surface area contributed by atoms with Gasteiger partial charge in [0.1, 0.15) is 0 Å². The van der Waals surface area contributed by atoms with E-state index in [1.165, 1.54) is 16.0 Å². The van der Waals surface area contributed by atoms with Crippen LogP contribution in [-0.2, 0) is 6.42 Å². The predicted molar refractivity (Wildman–Crippen MR) is 94.1 cm³/mol. The minimum atomic E-state index is 0.728. The molecule has 0 N–H and O–H groups in total. The first-order valence-corrected chi connectivity index (χ1v) is 8.64. The molecule has 0 bridgehead atoms. The van der Waals surface area contributed by atoms with E-state index in [9.17, 15) is 4.79 Å². The van der Waals surface area contributed by atoms with Crippen LogP contribution in [0.4, 0.5) is 0 Å². The molecule has 0 atom stereocenters. The van der Waals surface area contributed by atoms with E-state index in [4.69, 9.17) is 0 Å². The third-order valence-electron chi connectivity index (χ3n) is 4.03. The monoisotopic (exact) mass is 309 g/mol. The van der Waals surface area contributed by atoms with Crippen molar-refractivity contribution in [1.29, 1.82) is 0 Å². The van der Waals surface area contributed by atoms with Crippen LogP contribution in [0.2, 0.25) is 0 Å². The number of thioether (sulfide) groups is 1. The Bertz CT molecular complexity index is 848. The Morgan fingerprint density at radius 1 is 1.14 bits per heavy atom. The number of rotatable bonds is 4. The molecular weight excluding hydrogens is 290 g/mol. The van der Waals surface area contributed by atoms with E-state index < -0.39 is 0 Å². The molecule has 3 aromatic rings. The summed E-state index contributed by atoms with van der Waals surface area (Å²) in [5, 5.41) is 0. The van der Waals surface area contributed by atoms with Crippen molar-refractivity contribution in [3.63, 3.8) is 0 Å². The molecule has 22 heavy (non-hydrogen) atoms. The summed E-state index contributed by atoms with van der Waals surface area (Å²) in [5.41, 5.74) is 6.36. The van der Waals surface area contributed by atoms with E-state index in [1.54, 1.807) is 11.8 Å². The van der Waals surface area contributed by atoms with E-state index in [0.717, 1.165) is 35.0 Å². The highest BCUT2D eigenvalue weighted by molar-refractivity contribution is 7.98. The average Bonchev–Trinajstić information content (AvgIpc) is 2.92. The smallest absolute Gasteiger partial charge is 0.167 e. The van der Waals surface area contributed by atoms with E-state index in [2.05, 4.69) is 62.7 Å². The summed E-state index contributed by atoms with van der Waals surface area (Å²) in [6.45, 7) is 4.21. The number of aryl methyl sites for hydroxylation is 2. The van der Waals surface area contributed by atoms with Crippen molar-refractivity contribution >= 4 is 23.6 Å². The van der Waals surface area contributed by atoms with Gasteiger partial charge in [-0.05, 0) is 48.9 Å². The van der Waals surface area contributed by atoms with Crippen molar-refractivity contribution in [3.8, 4) is 11.1 Å². The Hall–Kier alpha value is -2.00. The second kappa shape index (κ2) is 6.01. The Balaban J connectivity index is 2.31. The van der Waals surface area contributed by atoms with Gasteiger partial charge < -0.3 is 4.40 Å². The van der Waals surface area contributed by atoms with Crippen molar-refractivity contribution in [2.24, 2.45) is 0 Å². The lowest BCUT2D eigenvalue weighted by Gasteiger charge is -2.08. The minimum absolute atomic E-state index is 0.728. The molecule has 3 heteroatoms. The zero-order valence-electron chi connectivity index (χ0n) is 13.1. The molecule has 0 unspecified atom stereocenters. The van der Waals surface area contributed by atoms with Crippen molar-refractivity contribution in [3.05, 3.63) is 59.4 Å². The topological polar surface area (TPSA) is 21.5 Å². The number of aldehydes is 1. The summed E-state index contributed by atoms with van der Waals surface area (Å²) in [5.74, 6) is 0. The molecule has 0 fully saturated rings. The maximum absolute atomic E-state index is 11.7. The summed E-state index contributed by atoms with van der Waals surface area (Å²) in [6.07, 6.45) is 6.06. The van der Waals surface area contributed by atoms with Gasteiger partial charge in [0.25, 0.3) is 0 Å². The first-order valence-electron chi connectivity index (χ1n) is 7.42. The fraction of sp³-hybridized carbons (Fsp3) is 0.211. The number of hydrogen-bond acceptors (Lipinski definition) is 2. The van der Waals surface area contributed by atoms with Crippen molar-refractivity contribution in [2.75, 3.05) is 6.26 Å². The van der Waals surface area contributed by atoms with Crippen molar-refractivity contribution < 1.29 is 4.79 Å². The molecule has 0 saturated heterocycles. The van der Waals surface area contributed by atoms with Crippen LogP contribution >= 0.6 is 11.8 Å². The van der Waals surface area contributed by atoms with Crippen LogP contribution in [0.3, 0.4) is 0 Å². The first-order chi connectivity index (χ1) is 10.7. The molecule has 0 amide bonds. The van der Waals surface area contributed by atoms with Crippen LogP contribution < -0.4 is 0 Å². The van der Waals surface area contributed by atoms with E-state index >= 15 is 0 Å². The largest absolute Gasteiger partial charge is 0.313 e. The van der Waals surface area contributed by atoms with Crippen LogP contribution in [-0.4, -0.2) is 16.9 Å². The normalized spacial score (nSPS) is 11.0. The maximum atomic E-state index is 11.7. The van der Waals surface area contributed by atoms with Gasteiger partial charge in [-0.3, -0.25) is 4.79 Å². The second-order valence-electron chi connectivity index (χ2n) is 5.45. The predicted octanol–water partition coefficient (Wildman–Crippen LogP) is 5.01. The fourth-order valence-corrected chi connectivity index (χ4v) is 3.40. The zero-order valence-corrected chi connectivity index (χ0v) is 13.9. The maximum Gasteiger partial charge on any atom is 0.167 e. The molecule has 2 heterocycles. The van der Waals surface area contributed by atoms with Crippen molar-refractivity contribution in [1.82, 2.24) is 4.40 Å². The molecule has 0 saturated carbocycles. The van der Waals surface area contributed by atoms with Crippen LogP contribution in [0.15, 0.2) is 47.5 Å². The van der Waals surface area contributed by atoms with Crippen LogP contribution in [0.5, 0.6) is 0 Å². The highest BCUT2D eigenvalue weighted by Gasteiger charge is 2.14. The Morgan fingerprint density at radius 2 is 1.95 bits per heavy atom. The lowest BCUT2D eigenvalue weighted by Crippen LogP contribution is -1.95. The number of pyridine rings is 1. The molecule has 0 radical (unpaired) electrons. The van der Waals surface area contributed by atoms with E-state index in [-0.39, 0.29) is 0 Å². The Morgan fingerprint density at radius 3 is 2.64 bits per heavy atom. The standard InChI is InChI=1S/C19H19NOS/c1-4-14-6-7-15-10-16(18(12-21)20(15)11-14)17-9-13(2)5-8-19(17)22-3/h5-12H,4H2,1-3H3. The highest BCUT2D eigenvalue weighted by atomic mass is 32.2. The van der Waals surface area contributed by atoms with Gasteiger partial charge in [0.15, 0.2) is 6.29 Å². The molecule has 0 aliphatic carbocycles. The average molecular weight is 309 g/mol. The molecule has 112 valence electrons. The van der Waals surface area contributed by atoms with Gasteiger partial charge in [-0.25, -0.2) is 0 Å². The molecule has 2 aromatic heterocycles. The molecule has 2 nitrogen and oxygen atoms in total. The summed E-state index contributed by atoms with van der Waals surface area (Å²) in [4.78, 5) is 12.9. The van der Waals surface area contributed by atoms with E-state index in [1.807, 2.05) is 4.40 Å². The van der Waals surface area contributed by atoms with Gasteiger partial charge in [0, 0.05) is 22.2 Å². The number of benzene rings is 1. The van der Waals surface area contributed by atoms with Gasteiger partial charge in [-0.15, -0.1) is 11.8 Å². The second-order valence-corrected chi connectivity index (χ2v) is 6.30. The minimum Gasteiger partial charge on any atom is -0.313 e. The highest BCUT2D eigenvalue weighted by Crippen LogP contribution is 2.34. The van der Waals surface area contributed by atoms with Gasteiger partial charge in [-0.1, -0.05) is 30.7 Å². The van der Waals surface area contributed by atoms with Gasteiger partial charge >= 0.3 is 0 Å². The summed E-state index contributed by atoms with van der Waals surface area (Å²) in [6, 6.07) is 12.7. The fourth-order valence-electron chi connectivity index (χ4n) is 2.81. The number of hydrogen-bond donors (Lipinski definition) is 0. The lowest BCUT2D eigenvalue weighted by molar-refractivity contribution is 0.111. The third-order valence-corrected chi connectivity index (χ3v) is 4.83. The van der Waals surface area contributed by atoms with Gasteiger partial charge in [0.05, 0.1) is 5.69 Å². The van der Waals surface area contributed by atoms with Crippen LogP contribution in [0, 0.1) is 6.92 Å². The quantitative estimate of drug-likeness (QED) is 0.499. The SMILES string of the molecule is CCc1ccc2cc(-c3cc(C)ccc3SC)c(C=O)n2c1. The summed E-state index contributed by atoms with van der Waals surface area (Å²) < 4.78 is 2.01. The number of aromatic nitrogens is 1. The number of nitrogens with zero attached hydrogens (tertiary/aromatic N) is 1. The van der Waals surface area contributed by atoms with Crippen molar-refractivity contribution in [2.45, 2.75) is 25.2 Å². The first kappa shape index (κ1) is 14.9. The number of carbonyl (C=O) groups excluding carboxylic acids is 1. The van der Waals surface area contributed by atoms with E-state index in [0.29, 0.717) is 0 Å². The van der Waals surface area contributed by atoms with Crippen LogP contribution in [0.25, 0.3) is 16.6 Å². The molecule has 0 aliphatic heterocycles. The van der Waals surface area contributed by atoms with Crippen LogP contribution in [0.1, 0.15) is 28.5 Å². The van der Waals surface area contributed by atoms with Gasteiger partial charge in [-0.2, -0.15) is 0 Å².